The number of anilines is 2. The number of nitrogens with one attached hydrogen (secondary N) is 1. The molecule has 0 aliphatic carbocycles. The number of hydrogen-bond donors (Lipinski definition) is 1. The summed E-state index contributed by atoms with van der Waals surface area (Å²) in [4.78, 5) is 13.7. The summed E-state index contributed by atoms with van der Waals surface area (Å²) in [6.07, 6.45) is 2.10. The van der Waals surface area contributed by atoms with Crippen LogP contribution in [0.1, 0.15) is 26.7 Å². The van der Waals surface area contributed by atoms with E-state index in [4.69, 9.17) is 4.74 Å². The molecule has 104 valence electrons. The number of hydrogen-bond acceptors (Lipinski definition) is 3. The summed E-state index contributed by atoms with van der Waals surface area (Å²) in [5.41, 5.74) is 1.99. The molecule has 1 heterocycles. The van der Waals surface area contributed by atoms with Crippen LogP contribution in [0.4, 0.5) is 16.2 Å². The Balaban J connectivity index is 1.92. The van der Waals surface area contributed by atoms with Gasteiger partial charge in [0.1, 0.15) is 0 Å². The Bertz CT molecular complexity index is 409. The monoisotopic (exact) mass is 262 g/mol. The van der Waals surface area contributed by atoms with Crippen LogP contribution >= 0.6 is 0 Å². The summed E-state index contributed by atoms with van der Waals surface area (Å²) in [5.74, 6) is 0.834. The van der Waals surface area contributed by atoms with Crippen molar-refractivity contribution in [3.8, 4) is 0 Å². The third kappa shape index (κ3) is 3.88. The van der Waals surface area contributed by atoms with E-state index in [0.717, 1.165) is 24.7 Å². The van der Waals surface area contributed by atoms with E-state index in [0.29, 0.717) is 6.61 Å². The molecule has 1 aromatic carbocycles. The Morgan fingerprint density at radius 1 is 1.32 bits per heavy atom. The Morgan fingerprint density at radius 3 is 2.53 bits per heavy atom. The van der Waals surface area contributed by atoms with Crippen LogP contribution in [0.15, 0.2) is 24.3 Å². The zero-order valence-electron chi connectivity index (χ0n) is 11.7. The van der Waals surface area contributed by atoms with Gasteiger partial charge in [-0.2, -0.15) is 0 Å². The Labute approximate surface area is 114 Å². The van der Waals surface area contributed by atoms with Gasteiger partial charge in [0.2, 0.25) is 0 Å². The quantitative estimate of drug-likeness (QED) is 0.906. The van der Waals surface area contributed by atoms with Gasteiger partial charge in [-0.05, 0) is 49.9 Å². The first-order valence-corrected chi connectivity index (χ1v) is 6.98. The van der Waals surface area contributed by atoms with Crippen molar-refractivity contribution in [2.24, 2.45) is 5.92 Å². The molecule has 1 amide bonds. The van der Waals surface area contributed by atoms with E-state index in [-0.39, 0.29) is 0 Å². The SMILES string of the molecule is CCOC(=O)Nc1ccc(N2CCC(C)CC2)cc1. The molecule has 1 fully saturated rings. The Kier molecular flexibility index (Phi) is 4.66. The first kappa shape index (κ1) is 13.7. The van der Waals surface area contributed by atoms with Crippen LogP contribution in [0.3, 0.4) is 0 Å². The van der Waals surface area contributed by atoms with Gasteiger partial charge in [-0.15, -0.1) is 0 Å². The van der Waals surface area contributed by atoms with Crippen molar-refractivity contribution in [2.75, 3.05) is 29.9 Å². The van der Waals surface area contributed by atoms with Gasteiger partial charge in [0.25, 0.3) is 0 Å². The first-order chi connectivity index (χ1) is 9.19. The lowest BCUT2D eigenvalue weighted by Gasteiger charge is -2.32. The molecule has 0 aromatic heterocycles. The summed E-state index contributed by atoms with van der Waals surface area (Å²) in [5, 5.41) is 2.70. The molecular formula is C15H22N2O2. The summed E-state index contributed by atoms with van der Waals surface area (Å²) in [7, 11) is 0. The number of benzene rings is 1. The van der Waals surface area contributed by atoms with Crippen molar-refractivity contribution < 1.29 is 9.53 Å². The molecule has 0 saturated carbocycles. The molecule has 0 unspecified atom stereocenters. The van der Waals surface area contributed by atoms with E-state index in [1.165, 1.54) is 18.5 Å². The standard InChI is InChI=1S/C15H22N2O2/c1-3-19-15(18)16-13-4-6-14(7-5-13)17-10-8-12(2)9-11-17/h4-7,12H,3,8-11H2,1-2H3,(H,16,18). The first-order valence-electron chi connectivity index (χ1n) is 6.98. The van der Waals surface area contributed by atoms with E-state index >= 15 is 0 Å². The van der Waals surface area contributed by atoms with Crippen molar-refractivity contribution in [3.05, 3.63) is 24.3 Å². The van der Waals surface area contributed by atoms with E-state index < -0.39 is 6.09 Å². The molecular weight excluding hydrogens is 240 g/mol. The molecule has 1 aliphatic heterocycles. The third-order valence-electron chi connectivity index (χ3n) is 3.54. The summed E-state index contributed by atoms with van der Waals surface area (Å²) in [6, 6.07) is 7.95. The van der Waals surface area contributed by atoms with Gasteiger partial charge >= 0.3 is 6.09 Å². The van der Waals surface area contributed by atoms with E-state index in [1.54, 1.807) is 6.92 Å². The molecule has 0 spiro atoms. The number of nitrogens with zero attached hydrogens (tertiary/aromatic N) is 1. The number of carbonyl (C=O) groups is 1. The summed E-state index contributed by atoms with van der Waals surface area (Å²) >= 11 is 0. The summed E-state index contributed by atoms with van der Waals surface area (Å²) in [6.45, 7) is 6.72. The van der Waals surface area contributed by atoms with Crippen molar-refractivity contribution >= 4 is 17.5 Å². The number of ether oxygens (including phenoxy) is 1. The number of amides is 1. The van der Waals surface area contributed by atoms with Crippen LogP contribution < -0.4 is 10.2 Å². The number of piperidine rings is 1. The lowest BCUT2D eigenvalue weighted by atomic mass is 9.99. The zero-order chi connectivity index (χ0) is 13.7. The van der Waals surface area contributed by atoms with Gasteiger partial charge in [0.05, 0.1) is 6.61 Å². The molecule has 19 heavy (non-hydrogen) atoms. The fraction of sp³-hybridized carbons (Fsp3) is 0.533. The fourth-order valence-corrected chi connectivity index (χ4v) is 2.31. The summed E-state index contributed by atoms with van der Waals surface area (Å²) < 4.78 is 4.84. The maximum absolute atomic E-state index is 11.3. The van der Waals surface area contributed by atoms with Gasteiger partial charge in [-0.1, -0.05) is 6.92 Å². The molecule has 0 bridgehead atoms. The molecule has 4 nitrogen and oxygen atoms in total. The Morgan fingerprint density at radius 2 is 1.95 bits per heavy atom. The van der Waals surface area contributed by atoms with E-state index in [1.807, 2.05) is 12.1 Å². The van der Waals surface area contributed by atoms with Gasteiger partial charge in [-0.3, -0.25) is 5.32 Å². The van der Waals surface area contributed by atoms with Crippen LogP contribution in [0.2, 0.25) is 0 Å². The topological polar surface area (TPSA) is 41.6 Å². The van der Waals surface area contributed by atoms with Crippen molar-refractivity contribution in [2.45, 2.75) is 26.7 Å². The van der Waals surface area contributed by atoms with Crippen LogP contribution in [0.25, 0.3) is 0 Å². The van der Waals surface area contributed by atoms with Gasteiger partial charge in [0, 0.05) is 24.5 Å². The number of carbonyl (C=O) groups excluding carboxylic acids is 1. The average Bonchev–Trinajstić information content (AvgIpc) is 2.41. The minimum atomic E-state index is -0.401. The predicted molar refractivity (Wildman–Crippen MR) is 77.7 cm³/mol. The minimum absolute atomic E-state index is 0.385. The highest BCUT2D eigenvalue weighted by atomic mass is 16.5. The normalized spacial score (nSPS) is 16.2. The molecule has 0 atom stereocenters. The highest BCUT2D eigenvalue weighted by Gasteiger charge is 2.15. The van der Waals surface area contributed by atoms with Crippen LogP contribution in [0, 0.1) is 5.92 Å². The zero-order valence-corrected chi connectivity index (χ0v) is 11.7. The highest BCUT2D eigenvalue weighted by Crippen LogP contribution is 2.24. The van der Waals surface area contributed by atoms with Crippen molar-refractivity contribution in [3.63, 3.8) is 0 Å². The van der Waals surface area contributed by atoms with Crippen molar-refractivity contribution in [1.82, 2.24) is 0 Å². The highest BCUT2D eigenvalue weighted by molar-refractivity contribution is 5.84. The lowest BCUT2D eigenvalue weighted by molar-refractivity contribution is 0.168. The average molecular weight is 262 g/mol. The maximum atomic E-state index is 11.3. The van der Waals surface area contributed by atoms with Crippen LogP contribution in [-0.4, -0.2) is 25.8 Å². The van der Waals surface area contributed by atoms with E-state index in [2.05, 4.69) is 29.3 Å². The van der Waals surface area contributed by atoms with Gasteiger partial charge in [0.15, 0.2) is 0 Å². The molecule has 0 radical (unpaired) electrons. The Hall–Kier alpha value is -1.71. The largest absolute Gasteiger partial charge is 0.450 e. The molecule has 4 heteroatoms. The second-order valence-corrected chi connectivity index (χ2v) is 5.06. The molecule has 1 aromatic rings. The smallest absolute Gasteiger partial charge is 0.411 e. The predicted octanol–water partition coefficient (Wildman–Crippen LogP) is 3.49. The maximum Gasteiger partial charge on any atom is 0.411 e. The fourth-order valence-electron chi connectivity index (χ4n) is 2.31. The van der Waals surface area contributed by atoms with Gasteiger partial charge in [-0.25, -0.2) is 4.79 Å². The lowest BCUT2D eigenvalue weighted by Crippen LogP contribution is -2.32. The van der Waals surface area contributed by atoms with Gasteiger partial charge < -0.3 is 9.64 Å². The second-order valence-electron chi connectivity index (χ2n) is 5.06. The second kappa shape index (κ2) is 6.45. The minimum Gasteiger partial charge on any atom is -0.450 e. The van der Waals surface area contributed by atoms with Crippen molar-refractivity contribution in [1.29, 1.82) is 0 Å². The molecule has 1 N–H and O–H groups in total. The number of rotatable bonds is 3. The molecule has 1 aliphatic rings. The molecule has 1 saturated heterocycles. The van der Waals surface area contributed by atoms with Crippen LogP contribution in [0.5, 0.6) is 0 Å². The third-order valence-corrected chi connectivity index (χ3v) is 3.54. The van der Waals surface area contributed by atoms with Crippen LogP contribution in [-0.2, 0) is 4.74 Å². The van der Waals surface area contributed by atoms with E-state index in [9.17, 15) is 4.79 Å². The molecule has 2 rings (SSSR count).